The van der Waals surface area contributed by atoms with Gasteiger partial charge in [-0.05, 0) is 39.1 Å². The van der Waals surface area contributed by atoms with E-state index in [0.717, 1.165) is 25.0 Å². The third-order valence-electron chi connectivity index (χ3n) is 4.93. The fraction of sp³-hybridized carbons (Fsp3) is 0.929. The first-order chi connectivity index (χ1) is 9.55. The van der Waals surface area contributed by atoms with Crippen LogP contribution in [0.1, 0.15) is 19.3 Å². The van der Waals surface area contributed by atoms with Crippen LogP contribution in [0.2, 0.25) is 0 Å². The molecule has 1 atom stereocenters. The van der Waals surface area contributed by atoms with Gasteiger partial charge in [0.15, 0.2) is 0 Å². The van der Waals surface area contributed by atoms with E-state index in [4.69, 9.17) is 10.5 Å². The van der Waals surface area contributed by atoms with Gasteiger partial charge in [0.2, 0.25) is 5.91 Å². The lowest BCUT2D eigenvalue weighted by Gasteiger charge is -2.39. The molecule has 1 unspecified atom stereocenters. The molecule has 0 spiro atoms. The highest BCUT2D eigenvalue weighted by molar-refractivity contribution is 7.99. The second kappa shape index (κ2) is 6.64. The van der Waals surface area contributed by atoms with Gasteiger partial charge in [-0.1, -0.05) is 0 Å². The molecule has 2 heterocycles. The Hall–Kier alpha value is -0.300. The third kappa shape index (κ3) is 3.13. The van der Waals surface area contributed by atoms with Gasteiger partial charge in [-0.2, -0.15) is 11.8 Å². The smallest absolute Gasteiger partial charge is 0.227 e. The molecule has 5 nitrogen and oxygen atoms in total. The van der Waals surface area contributed by atoms with E-state index in [1.54, 1.807) is 0 Å². The molecule has 0 aromatic heterocycles. The average Bonchev–Trinajstić information content (AvgIpc) is 2.95. The number of hydrogen-bond acceptors (Lipinski definition) is 5. The number of rotatable bonds is 5. The average molecular weight is 301 g/mol. The predicted octanol–water partition coefficient (Wildman–Crippen LogP) is 0.295. The highest BCUT2D eigenvalue weighted by Crippen LogP contribution is 2.33. The van der Waals surface area contributed by atoms with E-state index < -0.39 is 5.41 Å². The van der Waals surface area contributed by atoms with Crippen molar-refractivity contribution in [1.29, 1.82) is 0 Å². The minimum atomic E-state index is -0.419. The Morgan fingerprint density at radius 1 is 1.35 bits per heavy atom. The van der Waals surface area contributed by atoms with Gasteiger partial charge in [-0.15, -0.1) is 0 Å². The van der Waals surface area contributed by atoms with Crippen LogP contribution in [-0.2, 0) is 9.53 Å². The van der Waals surface area contributed by atoms with Crippen molar-refractivity contribution >= 4 is 17.7 Å². The number of amides is 1. The Morgan fingerprint density at radius 2 is 2.05 bits per heavy atom. The van der Waals surface area contributed by atoms with E-state index >= 15 is 0 Å². The van der Waals surface area contributed by atoms with E-state index in [2.05, 4.69) is 24.3 Å². The topological polar surface area (TPSA) is 67.6 Å². The van der Waals surface area contributed by atoms with Gasteiger partial charge < -0.3 is 20.7 Å². The van der Waals surface area contributed by atoms with Gasteiger partial charge in [0.25, 0.3) is 0 Å². The fourth-order valence-electron chi connectivity index (χ4n) is 2.97. The first kappa shape index (κ1) is 16.1. The van der Waals surface area contributed by atoms with Crippen LogP contribution in [-0.4, -0.2) is 68.3 Å². The lowest BCUT2D eigenvalue weighted by molar-refractivity contribution is -0.136. The van der Waals surface area contributed by atoms with Crippen molar-refractivity contribution in [3.63, 3.8) is 0 Å². The van der Waals surface area contributed by atoms with E-state index in [1.807, 2.05) is 11.8 Å². The van der Waals surface area contributed by atoms with E-state index in [9.17, 15) is 4.79 Å². The largest absolute Gasteiger partial charge is 0.381 e. The minimum absolute atomic E-state index is 0.0985. The third-order valence-corrected chi connectivity index (χ3v) is 6.17. The van der Waals surface area contributed by atoms with E-state index in [1.165, 1.54) is 5.75 Å². The Bertz CT molecular complexity index is 337. The number of thioether (sulfide) groups is 1. The van der Waals surface area contributed by atoms with Crippen molar-refractivity contribution in [1.82, 2.24) is 10.2 Å². The number of nitrogens with zero attached hydrogens (tertiary/aromatic N) is 1. The standard InChI is InChI=1S/C14H27N3O2S/c1-17(2)14(5-8-20-11-14)10-16-12(18)13(9-15)3-6-19-7-4-13/h3-11,15H2,1-2H3,(H,16,18). The zero-order valence-electron chi connectivity index (χ0n) is 12.6. The van der Waals surface area contributed by atoms with Gasteiger partial charge in [-0.25, -0.2) is 0 Å². The fourth-order valence-corrected chi connectivity index (χ4v) is 4.52. The number of likely N-dealkylation sites (N-methyl/N-ethyl adjacent to an activating group) is 1. The van der Waals surface area contributed by atoms with Crippen molar-refractivity contribution in [3.8, 4) is 0 Å². The summed E-state index contributed by atoms with van der Waals surface area (Å²) < 4.78 is 5.37. The van der Waals surface area contributed by atoms with Crippen molar-refractivity contribution in [2.24, 2.45) is 11.1 Å². The number of hydrogen-bond donors (Lipinski definition) is 2. The second-order valence-electron chi connectivity index (χ2n) is 6.20. The first-order valence-corrected chi connectivity index (χ1v) is 8.51. The summed E-state index contributed by atoms with van der Waals surface area (Å²) in [5.74, 6) is 2.37. The molecule has 2 aliphatic rings. The van der Waals surface area contributed by atoms with Crippen LogP contribution in [0.3, 0.4) is 0 Å². The van der Waals surface area contributed by atoms with Crippen molar-refractivity contribution in [2.75, 3.05) is 51.9 Å². The molecule has 2 aliphatic heterocycles. The molecule has 0 radical (unpaired) electrons. The maximum atomic E-state index is 12.6. The Morgan fingerprint density at radius 3 is 2.55 bits per heavy atom. The van der Waals surface area contributed by atoms with Gasteiger partial charge in [0.05, 0.1) is 5.41 Å². The lowest BCUT2D eigenvalue weighted by Crippen LogP contribution is -2.57. The molecule has 2 rings (SSSR count). The van der Waals surface area contributed by atoms with Crippen LogP contribution in [0.25, 0.3) is 0 Å². The van der Waals surface area contributed by atoms with Crippen LogP contribution < -0.4 is 11.1 Å². The Kier molecular flexibility index (Phi) is 5.34. The maximum absolute atomic E-state index is 12.6. The van der Waals surface area contributed by atoms with E-state index in [0.29, 0.717) is 26.3 Å². The van der Waals surface area contributed by atoms with Crippen LogP contribution in [0.4, 0.5) is 0 Å². The lowest BCUT2D eigenvalue weighted by atomic mass is 9.79. The molecule has 0 aromatic rings. The first-order valence-electron chi connectivity index (χ1n) is 7.36. The summed E-state index contributed by atoms with van der Waals surface area (Å²) in [6.07, 6.45) is 2.60. The monoisotopic (exact) mass is 301 g/mol. The molecule has 2 saturated heterocycles. The zero-order valence-corrected chi connectivity index (χ0v) is 13.4. The summed E-state index contributed by atoms with van der Waals surface area (Å²) in [7, 11) is 4.20. The maximum Gasteiger partial charge on any atom is 0.227 e. The minimum Gasteiger partial charge on any atom is -0.381 e. The summed E-state index contributed by atoms with van der Waals surface area (Å²) in [5.41, 5.74) is 5.56. The molecule has 1 amide bonds. The normalized spacial score (nSPS) is 29.6. The molecule has 0 aromatic carbocycles. The molecule has 6 heteroatoms. The number of ether oxygens (including phenoxy) is 1. The molecule has 20 heavy (non-hydrogen) atoms. The molecular formula is C14H27N3O2S. The van der Waals surface area contributed by atoms with Crippen molar-refractivity contribution < 1.29 is 9.53 Å². The molecule has 2 fully saturated rings. The molecule has 0 aliphatic carbocycles. The van der Waals surface area contributed by atoms with Gasteiger partial charge in [0, 0.05) is 37.6 Å². The molecule has 3 N–H and O–H groups in total. The quantitative estimate of drug-likeness (QED) is 0.764. The summed E-state index contributed by atoms with van der Waals surface area (Å²) in [4.78, 5) is 14.9. The number of carbonyl (C=O) groups is 1. The summed E-state index contributed by atoms with van der Waals surface area (Å²) in [5, 5.41) is 3.18. The number of carbonyl (C=O) groups excluding carboxylic acids is 1. The summed E-state index contributed by atoms with van der Waals surface area (Å²) in [6, 6.07) is 0. The second-order valence-corrected chi connectivity index (χ2v) is 7.31. The molecule has 116 valence electrons. The predicted molar refractivity (Wildman–Crippen MR) is 82.9 cm³/mol. The Balaban J connectivity index is 1.96. The van der Waals surface area contributed by atoms with Crippen molar-refractivity contribution in [3.05, 3.63) is 0 Å². The molecule has 0 bridgehead atoms. The highest BCUT2D eigenvalue weighted by Gasteiger charge is 2.41. The van der Waals surface area contributed by atoms with Gasteiger partial charge in [0.1, 0.15) is 0 Å². The Labute approximate surface area is 126 Å². The molecule has 0 saturated carbocycles. The summed E-state index contributed by atoms with van der Waals surface area (Å²) >= 11 is 1.96. The number of nitrogens with two attached hydrogens (primary N) is 1. The molecular weight excluding hydrogens is 274 g/mol. The highest BCUT2D eigenvalue weighted by atomic mass is 32.2. The van der Waals surface area contributed by atoms with Crippen molar-refractivity contribution in [2.45, 2.75) is 24.8 Å². The van der Waals surface area contributed by atoms with Crippen LogP contribution in [0.15, 0.2) is 0 Å². The van der Waals surface area contributed by atoms with Crippen LogP contribution >= 0.6 is 11.8 Å². The SMILES string of the molecule is CN(C)C1(CNC(=O)C2(CN)CCOCC2)CCSC1. The number of nitrogens with one attached hydrogen (secondary N) is 1. The van der Waals surface area contributed by atoms with Crippen LogP contribution in [0, 0.1) is 5.41 Å². The zero-order chi connectivity index (χ0) is 14.6. The van der Waals surface area contributed by atoms with Gasteiger partial charge >= 0.3 is 0 Å². The van der Waals surface area contributed by atoms with E-state index in [-0.39, 0.29) is 11.4 Å². The van der Waals surface area contributed by atoms with Crippen LogP contribution in [0.5, 0.6) is 0 Å². The summed E-state index contributed by atoms with van der Waals surface area (Å²) in [6.45, 7) is 2.40. The van der Waals surface area contributed by atoms with Gasteiger partial charge in [-0.3, -0.25) is 4.79 Å².